The highest BCUT2D eigenvalue weighted by Crippen LogP contribution is 2.24. The van der Waals surface area contributed by atoms with E-state index >= 15 is 0 Å². The molecule has 0 radical (unpaired) electrons. The molecular weight excluding hydrogens is 154 g/mol. The lowest BCUT2D eigenvalue weighted by Crippen LogP contribution is -2.44. The molecule has 3 nitrogen and oxygen atoms in total. The van der Waals surface area contributed by atoms with Crippen molar-refractivity contribution in [2.45, 2.75) is 38.8 Å². The van der Waals surface area contributed by atoms with Crippen LogP contribution in [0.2, 0.25) is 0 Å². The van der Waals surface area contributed by atoms with E-state index < -0.39 is 0 Å². The average molecular weight is 171 g/mol. The molecule has 1 heterocycles. The summed E-state index contributed by atoms with van der Waals surface area (Å²) in [4.78, 5) is 5.35. The second-order valence-corrected chi connectivity index (χ2v) is 3.16. The Labute approximate surface area is 73.6 Å². The van der Waals surface area contributed by atoms with Crippen molar-refractivity contribution in [2.24, 2.45) is 0 Å². The average Bonchev–Trinajstić information content (AvgIpc) is 2.06. The summed E-state index contributed by atoms with van der Waals surface area (Å²) < 4.78 is 0. The molecule has 1 saturated heterocycles. The Morgan fingerprint density at radius 3 is 3.00 bits per heavy atom. The van der Waals surface area contributed by atoms with Crippen molar-refractivity contribution in [3.63, 3.8) is 0 Å². The summed E-state index contributed by atoms with van der Waals surface area (Å²) in [5.41, 5.74) is 0.967. The maximum atomic E-state index is 9.53. The lowest BCUT2D eigenvalue weighted by molar-refractivity contribution is -0.186. The number of aliphatic hydroxyl groups excluding tert-OH is 1. The molecule has 12 heavy (non-hydrogen) atoms. The Bertz CT molecular complexity index is 170. The van der Waals surface area contributed by atoms with Crippen molar-refractivity contribution in [1.29, 1.82) is 0 Å². The number of hydrogen-bond acceptors (Lipinski definition) is 3. The van der Waals surface area contributed by atoms with Gasteiger partial charge in [0.2, 0.25) is 0 Å². The predicted octanol–water partition coefficient (Wildman–Crippen LogP) is 1.30. The topological polar surface area (TPSA) is 32.7 Å². The van der Waals surface area contributed by atoms with E-state index in [2.05, 4.69) is 6.58 Å². The minimum atomic E-state index is -0.290. The van der Waals surface area contributed by atoms with Crippen LogP contribution in [0.15, 0.2) is 12.3 Å². The quantitative estimate of drug-likeness (QED) is 0.679. The van der Waals surface area contributed by atoms with Gasteiger partial charge in [-0.2, -0.15) is 0 Å². The molecule has 0 amide bonds. The number of aliphatic hydroxyl groups is 1. The van der Waals surface area contributed by atoms with Gasteiger partial charge in [0.15, 0.2) is 0 Å². The van der Waals surface area contributed by atoms with Crippen molar-refractivity contribution >= 4 is 0 Å². The van der Waals surface area contributed by atoms with Crippen LogP contribution in [0, 0.1) is 0 Å². The van der Waals surface area contributed by atoms with Crippen molar-refractivity contribution < 1.29 is 9.94 Å². The fraction of sp³-hybridized carbons (Fsp3) is 0.778. The first-order valence-corrected chi connectivity index (χ1v) is 4.44. The van der Waals surface area contributed by atoms with E-state index in [-0.39, 0.29) is 12.1 Å². The molecule has 1 aliphatic heterocycles. The SMILES string of the molecule is C=C1CCC(O)C(C)N1OCC. The fourth-order valence-corrected chi connectivity index (χ4v) is 1.46. The number of hydroxylamine groups is 2. The van der Waals surface area contributed by atoms with Crippen LogP contribution < -0.4 is 0 Å². The number of hydrogen-bond donors (Lipinski definition) is 1. The predicted molar refractivity (Wildman–Crippen MR) is 47.3 cm³/mol. The van der Waals surface area contributed by atoms with Crippen LogP contribution in [-0.2, 0) is 4.84 Å². The molecule has 0 aliphatic carbocycles. The zero-order valence-electron chi connectivity index (χ0n) is 7.79. The van der Waals surface area contributed by atoms with Gasteiger partial charge in [-0.15, -0.1) is 0 Å². The van der Waals surface area contributed by atoms with Crippen molar-refractivity contribution in [1.82, 2.24) is 5.06 Å². The minimum Gasteiger partial charge on any atom is -0.391 e. The summed E-state index contributed by atoms with van der Waals surface area (Å²) in [5, 5.41) is 11.3. The van der Waals surface area contributed by atoms with Gasteiger partial charge in [0.25, 0.3) is 0 Å². The zero-order chi connectivity index (χ0) is 9.14. The normalized spacial score (nSPS) is 30.9. The van der Waals surface area contributed by atoms with Crippen molar-refractivity contribution in [3.05, 3.63) is 12.3 Å². The lowest BCUT2D eigenvalue weighted by Gasteiger charge is -2.38. The van der Waals surface area contributed by atoms with E-state index in [9.17, 15) is 5.11 Å². The molecule has 2 atom stereocenters. The largest absolute Gasteiger partial charge is 0.391 e. The summed E-state index contributed by atoms with van der Waals surface area (Å²) in [7, 11) is 0. The molecule has 0 aromatic rings. The molecule has 1 rings (SSSR count). The smallest absolute Gasteiger partial charge is 0.0792 e. The van der Waals surface area contributed by atoms with E-state index in [1.807, 2.05) is 13.8 Å². The third-order valence-electron chi connectivity index (χ3n) is 2.24. The molecule has 0 spiro atoms. The van der Waals surface area contributed by atoms with E-state index in [4.69, 9.17) is 4.84 Å². The van der Waals surface area contributed by atoms with Crippen LogP contribution in [0.3, 0.4) is 0 Å². The summed E-state index contributed by atoms with van der Waals surface area (Å²) in [6.45, 7) is 8.39. The summed E-state index contributed by atoms with van der Waals surface area (Å²) in [5.74, 6) is 0. The fourth-order valence-electron chi connectivity index (χ4n) is 1.46. The summed E-state index contributed by atoms with van der Waals surface area (Å²) in [6, 6.07) is 0.0335. The zero-order valence-corrected chi connectivity index (χ0v) is 7.79. The molecule has 1 aliphatic rings. The Morgan fingerprint density at radius 2 is 2.42 bits per heavy atom. The van der Waals surface area contributed by atoms with Gasteiger partial charge >= 0.3 is 0 Å². The van der Waals surface area contributed by atoms with Crippen LogP contribution in [0.5, 0.6) is 0 Å². The third-order valence-corrected chi connectivity index (χ3v) is 2.24. The molecule has 1 N–H and O–H groups in total. The summed E-state index contributed by atoms with van der Waals surface area (Å²) >= 11 is 0. The molecule has 70 valence electrons. The summed E-state index contributed by atoms with van der Waals surface area (Å²) in [6.07, 6.45) is 1.33. The van der Waals surface area contributed by atoms with Gasteiger partial charge in [0, 0.05) is 5.70 Å². The number of allylic oxidation sites excluding steroid dienone is 1. The number of piperidine rings is 1. The maximum absolute atomic E-state index is 9.53. The van der Waals surface area contributed by atoms with Crippen LogP contribution in [0.1, 0.15) is 26.7 Å². The molecule has 2 unspecified atom stereocenters. The van der Waals surface area contributed by atoms with Gasteiger partial charge in [-0.25, -0.2) is 0 Å². The standard InChI is InChI=1S/C9H17NO2/c1-4-12-10-7(2)5-6-9(11)8(10)3/h8-9,11H,2,4-6H2,1,3H3. The van der Waals surface area contributed by atoms with E-state index in [1.54, 1.807) is 5.06 Å². The molecule has 0 aromatic carbocycles. The van der Waals surface area contributed by atoms with Gasteiger partial charge in [0.05, 0.1) is 18.8 Å². The van der Waals surface area contributed by atoms with Crippen LogP contribution in [0.4, 0.5) is 0 Å². The molecule has 0 bridgehead atoms. The molecule has 3 heteroatoms. The lowest BCUT2D eigenvalue weighted by atomic mass is 10.0. The Hall–Kier alpha value is -0.540. The Kier molecular flexibility index (Phi) is 3.12. The van der Waals surface area contributed by atoms with E-state index in [0.29, 0.717) is 6.61 Å². The first-order valence-electron chi connectivity index (χ1n) is 4.44. The van der Waals surface area contributed by atoms with Gasteiger partial charge in [-0.05, 0) is 26.7 Å². The maximum Gasteiger partial charge on any atom is 0.0792 e. The number of rotatable bonds is 2. The van der Waals surface area contributed by atoms with Gasteiger partial charge in [0.1, 0.15) is 0 Å². The Morgan fingerprint density at radius 1 is 1.75 bits per heavy atom. The highest BCUT2D eigenvalue weighted by atomic mass is 16.7. The van der Waals surface area contributed by atoms with Crippen LogP contribution in [0.25, 0.3) is 0 Å². The van der Waals surface area contributed by atoms with Gasteiger partial charge in [-0.1, -0.05) is 6.58 Å². The molecule has 0 aromatic heterocycles. The van der Waals surface area contributed by atoms with Crippen molar-refractivity contribution in [3.8, 4) is 0 Å². The number of nitrogens with zero attached hydrogens (tertiary/aromatic N) is 1. The third kappa shape index (κ3) is 1.79. The van der Waals surface area contributed by atoms with Crippen LogP contribution in [-0.4, -0.2) is 28.9 Å². The molecule has 1 fully saturated rings. The highest BCUT2D eigenvalue weighted by molar-refractivity contribution is 4.99. The van der Waals surface area contributed by atoms with E-state index in [0.717, 1.165) is 18.5 Å². The van der Waals surface area contributed by atoms with Crippen LogP contribution >= 0.6 is 0 Å². The highest BCUT2D eigenvalue weighted by Gasteiger charge is 2.28. The first-order chi connectivity index (χ1) is 5.66. The first kappa shape index (κ1) is 9.55. The van der Waals surface area contributed by atoms with Gasteiger partial charge in [-0.3, -0.25) is 9.90 Å². The van der Waals surface area contributed by atoms with Crippen molar-refractivity contribution in [2.75, 3.05) is 6.61 Å². The molecule has 0 saturated carbocycles. The monoisotopic (exact) mass is 171 g/mol. The Balaban J connectivity index is 2.58. The molecular formula is C9H17NO2. The second kappa shape index (κ2) is 3.92. The minimum absolute atomic E-state index is 0.0335. The second-order valence-electron chi connectivity index (χ2n) is 3.16. The van der Waals surface area contributed by atoms with Gasteiger partial charge < -0.3 is 5.11 Å². The van der Waals surface area contributed by atoms with E-state index in [1.165, 1.54) is 0 Å².